The Bertz CT molecular complexity index is 490. The summed E-state index contributed by atoms with van der Waals surface area (Å²) in [6.07, 6.45) is -4.30. The van der Waals surface area contributed by atoms with Crippen molar-refractivity contribution in [2.75, 3.05) is 6.61 Å². The number of carboxylic acids is 1. The normalized spacial score (nSPS) is 23.6. The van der Waals surface area contributed by atoms with Gasteiger partial charge in [0.05, 0.1) is 5.56 Å². The molecule has 1 aromatic carbocycles. The maximum absolute atomic E-state index is 12.6. The van der Waals surface area contributed by atoms with Gasteiger partial charge in [0.25, 0.3) is 0 Å². The van der Waals surface area contributed by atoms with Gasteiger partial charge in [0.2, 0.25) is 0 Å². The minimum absolute atomic E-state index is 0.0478. The first-order valence-corrected chi connectivity index (χ1v) is 6.92. The van der Waals surface area contributed by atoms with Crippen molar-refractivity contribution >= 4 is 17.7 Å². The van der Waals surface area contributed by atoms with E-state index < -0.39 is 23.8 Å². The first-order valence-electron chi connectivity index (χ1n) is 6.04. The number of halogens is 3. The van der Waals surface area contributed by atoms with E-state index in [9.17, 15) is 18.0 Å². The molecule has 1 aromatic rings. The van der Waals surface area contributed by atoms with Crippen LogP contribution in [0.2, 0.25) is 0 Å². The van der Waals surface area contributed by atoms with Crippen molar-refractivity contribution < 1.29 is 27.8 Å². The summed E-state index contributed by atoms with van der Waals surface area (Å²) in [6.45, 7) is 0.313. The molecule has 1 N–H and O–H groups in total. The molecular formula is C13H13F3O3S. The Hall–Kier alpha value is -1.21. The Labute approximate surface area is 118 Å². The zero-order valence-corrected chi connectivity index (χ0v) is 11.2. The molecule has 1 aliphatic heterocycles. The lowest BCUT2D eigenvalue weighted by atomic mass is 10.1. The largest absolute Gasteiger partial charge is 0.479 e. The van der Waals surface area contributed by atoms with E-state index in [0.717, 1.165) is 12.1 Å². The second-order valence-corrected chi connectivity index (χ2v) is 5.86. The summed E-state index contributed by atoms with van der Waals surface area (Å²) >= 11 is 1.27. The quantitative estimate of drug-likeness (QED) is 0.929. The molecule has 1 saturated heterocycles. The van der Waals surface area contributed by atoms with E-state index in [4.69, 9.17) is 9.84 Å². The van der Waals surface area contributed by atoms with E-state index in [1.807, 2.05) is 0 Å². The predicted molar refractivity (Wildman–Crippen MR) is 67.7 cm³/mol. The number of carboxylic acid groups (broad SMARTS) is 1. The Morgan fingerprint density at radius 1 is 1.40 bits per heavy atom. The summed E-state index contributed by atoms with van der Waals surface area (Å²) < 4.78 is 42.9. The molecule has 1 heterocycles. The van der Waals surface area contributed by atoms with Gasteiger partial charge in [0.15, 0.2) is 6.10 Å². The van der Waals surface area contributed by atoms with Gasteiger partial charge in [0, 0.05) is 16.8 Å². The first-order chi connectivity index (χ1) is 9.36. The lowest BCUT2D eigenvalue weighted by Crippen LogP contribution is -2.33. The maximum Gasteiger partial charge on any atom is 0.416 e. The molecule has 0 aliphatic carbocycles. The van der Waals surface area contributed by atoms with Gasteiger partial charge in [-0.1, -0.05) is 6.07 Å². The molecule has 2 rings (SSSR count). The summed E-state index contributed by atoms with van der Waals surface area (Å²) in [5.74, 6) is -1.03. The number of aliphatic carboxylic acids is 1. The molecule has 0 saturated carbocycles. The average Bonchev–Trinajstić information content (AvgIpc) is 2.38. The van der Waals surface area contributed by atoms with Crippen molar-refractivity contribution in [2.45, 2.75) is 35.3 Å². The van der Waals surface area contributed by atoms with Gasteiger partial charge in [-0.25, -0.2) is 4.79 Å². The van der Waals surface area contributed by atoms with Crippen LogP contribution >= 0.6 is 11.8 Å². The van der Waals surface area contributed by atoms with Gasteiger partial charge in [0.1, 0.15) is 0 Å². The fraction of sp³-hybridized carbons (Fsp3) is 0.462. The summed E-state index contributed by atoms with van der Waals surface area (Å²) in [5.41, 5.74) is -0.690. The first kappa shape index (κ1) is 15.2. The van der Waals surface area contributed by atoms with Crippen LogP contribution in [0.1, 0.15) is 18.4 Å². The van der Waals surface area contributed by atoms with E-state index in [1.54, 1.807) is 6.07 Å². The topological polar surface area (TPSA) is 46.5 Å². The smallest absolute Gasteiger partial charge is 0.416 e. The van der Waals surface area contributed by atoms with Gasteiger partial charge in [-0.05, 0) is 31.0 Å². The number of hydrogen-bond acceptors (Lipinski definition) is 3. The lowest BCUT2D eigenvalue weighted by molar-refractivity contribution is -0.152. The van der Waals surface area contributed by atoms with E-state index >= 15 is 0 Å². The zero-order chi connectivity index (χ0) is 14.8. The van der Waals surface area contributed by atoms with E-state index in [-0.39, 0.29) is 5.25 Å². The Morgan fingerprint density at radius 3 is 2.80 bits per heavy atom. The number of hydrogen-bond donors (Lipinski definition) is 1. The number of rotatable bonds is 3. The SMILES string of the molecule is O=C(O)C1CC(Sc2cccc(C(F)(F)F)c2)CCO1. The number of alkyl halides is 3. The van der Waals surface area contributed by atoms with Crippen LogP contribution < -0.4 is 0 Å². The number of benzene rings is 1. The molecule has 1 fully saturated rings. The van der Waals surface area contributed by atoms with Gasteiger partial charge in [-0.2, -0.15) is 13.2 Å². The van der Waals surface area contributed by atoms with E-state index in [0.29, 0.717) is 24.3 Å². The second-order valence-electron chi connectivity index (χ2n) is 4.49. The van der Waals surface area contributed by atoms with Crippen LogP contribution in [0.25, 0.3) is 0 Å². The Balaban J connectivity index is 2.04. The summed E-state index contributed by atoms with van der Waals surface area (Å²) in [5, 5.41) is 8.84. The second kappa shape index (κ2) is 6.05. The molecule has 3 nitrogen and oxygen atoms in total. The molecule has 110 valence electrons. The fourth-order valence-electron chi connectivity index (χ4n) is 1.98. The lowest BCUT2D eigenvalue weighted by Gasteiger charge is -2.26. The highest BCUT2D eigenvalue weighted by Crippen LogP contribution is 2.35. The summed E-state index contributed by atoms with van der Waals surface area (Å²) in [7, 11) is 0. The average molecular weight is 306 g/mol. The zero-order valence-electron chi connectivity index (χ0n) is 10.4. The molecule has 2 atom stereocenters. The minimum Gasteiger partial charge on any atom is -0.479 e. The third kappa shape index (κ3) is 3.89. The van der Waals surface area contributed by atoms with Gasteiger partial charge < -0.3 is 9.84 Å². The Kier molecular flexibility index (Phi) is 4.59. The molecule has 0 aromatic heterocycles. The van der Waals surface area contributed by atoms with Crippen LogP contribution in [-0.4, -0.2) is 29.0 Å². The molecule has 1 aliphatic rings. The Morgan fingerprint density at radius 2 is 2.15 bits per heavy atom. The van der Waals surface area contributed by atoms with Crippen LogP contribution in [0.5, 0.6) is 0 Å². The highest BCUT2D eigenvalue weighted by atomic mass is 32.2. The van der Waals surface area contributed by atoms with Gasteiger partial charge in [-0.3, -0.25) is 0 Å². The third-order valence-electron chi connectivity index (χ3n) is 2.98. The van der Waals surface area contributed by atoms with E-state index in [2.05, 4.69) is 0 Å². The third-order valence-corrected chi connectivity index (χ3v) is 4.26. The molecule has 0 spiro atoms. The predicted octanol–water partition coefficient (Wildman–Crippen LogP) is 3.43. The van der Waals surface area contributed by atoms with Crippen molar-refractivity contribution in [1.82, 2.24) is 0 Å². The van der Waals surface area contributed by atoms with Gasteiger partial charge >= 0.3 is 12.1 Å². The molecule has 2 unspecified atom stereocenters. The van der Waals surface area contributed by atoms with Crippen LogP contribution in [0, 0.1) is 0 Å². The number of thioether (sulfide) groups is 1. The highest BCUT2D eigenvalue weighted by Gasteiger charge is 2.31. The van der Waals surface area contributed by atoms with Crippen molar-refractivity contribution in [3.63, 3.8) is 0 Å². The molecule has 0 bridgehead atoms. The van der Waals surface area contributed by atoms with Crippen LogP contribution in [0.3, 0.4) is 0 Å². The standard InChI is InChI=1S/C13H13F3O3S/c14-13(15,16)8-2-1-3-9(6-8)20-10-4-5-19-11(7-10)12(17)18/h1-3,6,10-11H,4-5,7H2,(H,17,18). The molecule has 7 heteroatoms. The summed E-state index contributed by atoms with van der Waals surface area (Å²) in [6, 6.07) is 5.08. The molecule has 0 amide bonds. The van der Waals surface area contributed by atoms with Crippen LogP contribution in [0.4, 0.5) is 13.2 Å². The van der Waals surface area contributed by atoms with Gasteiger partial charge in [-0.15, -0.1) is 11.8 Å². The van der Waals surface area contributed by atoms with Crippen molar-refractivity contribution in [3.8, 4) is 0 Å². The minimum atomic E-state index is -4.37. The maximum atomic E-state index is 12.6. The monoisotopic (exact) mass is 306 g/mol. The fourth-order valence-corrected chi connectivity index (χ4v) is 3.21. The number of carbonyl (C=O) groups is 1. The molecule has 20 heavy (non-hydrogen) atoms. The highest BCUT2D eigenvalue weighted by molar-refractivity contribution is 8.00. The summed E-state index contributed by atoms with van der Waals surface area (Å²) in [4.78, 5) is 11.4. The molecule has 0 radical (unpaired) electrons. The molecular weight excluding hydrogens is 293 g/mol. The van der Waals surface area contributed by atoms with Crippen molar-refractivity contribution in [2.24, 2.45) is 0 Å². The van der Waals surface area contributed by atoms with Crippen molar-refractivity contribution in [3.05, 3.63) is 29.8 Å². The van der Waals surface area contributed by atoms with Crippen LogP contribution in [-0.2, 0) is 15.7 Å². The van der Waals surface area contributed by atoms with Crippen LogP contribution in [0.15, 0.2) is 29.2 Å². The number of ether oxygens (including phenoxy) is 1. The van der Waals surface area contributed by atoms with E-state index in [1.165, 1.54) is 17.8 Å². The van der Waals surface area contributed by atoms with Crippen molar-refractivity contribution in [1.29, 1.82) is 0 Å².